The van der Waals surface area contributed by atoms with Crippen LogP contribution in [0.15, 0.2) is 48.7 Å². The van der Waals surface area contributed by atoms with Crippen molar-refractivity contribution >= 4 is 5.91 Å². The molecule has 6 heteroatoms. The fourth-order valence-corrected chi connectivity index (χ4v) is 2.20. The molecule has 0 saturated heterocycles. The molecule has 0 unspecified atom stereocenters. The van der Waals surface area contributed by atoms with Crippen molar-refractivity contribution < 1.29 is 18.0 Å². The van der Waals surface area contributed by atoms with Gasteiger partial charge in [0, 0.05) is 19.3 Å². The van der Waals surface area contributed by atoms with Crippen LogP contribution in [-0.2, 0) is 12.7 Å². The molecule has 0 aliphatic carbocycles. The zero-order chi connectivity index (χ0) is 16.9. The third-order valence-corrected chi connectivity index (χ3v) is 3.30. The molecule has 0 radical (unpaired) electrons. The highest BCUT2D eigenvalue weighted by atomic mass is 19.4. The molecule has 1 heterocycles. The van der Waals surface area contributed by atoms with E-state index in [1.165, 1.54) is 6.07 Å². The standard InChI is InChI=1S/C17H17F3N2O/c1-2-10-22(12-13-6-4-3-5-7-13)16(23)14-8-9-15(21-11-14)17(18,19)20/h3-9,11H,2,10,12H2,1H3. The number of alkyl halides is 3. The van der Waals surface area contributed by atoms with Gasteiger partial charge in [0.15, 0.2) is 0 Å². The predicted molar refractivity (Wildman–Crippen MR) is 80.7 cm³/mol. The highest BCUT2D eigenvalue weighted by molar-refractivity contribution is 5.93. The number of nitrogens with zero attached hydrogens (tertiary/aromatic N) is 2. The lowest BCUT2D eigenvalue weighted by atomic mass is 10.1. The molecule has 2 rings (SSSR count). The Hall–Kier alpha value is -2.37. The number of amides is 1. The van der Waals surface area contributed by atoms with E-state index in [2.05, 4.69) is 4.98 Å². The third-order valence-electron chi connectivity index (χ3n) is 3.30. The number of pyridine rings is 1. The fraction of sp³-hybridized carbons (Fsp3) is 0.294. The molecule has 0 bridgehead atoms. The zero-order valence-corrected chi connectivity index (χ0v) is 12.7. The molecule has 0 aliphatic heterocycles. The molecule has 1 amide bonds. The number of benzene rings is 1. The maximum absolute atomic E-state index is 12.5. The van der Waals surface area contributed by atoms with E-state index in [9.17, 15) is 18.0 Å². The number of aromatic nitrogens is 1. The molecular formula is C17H17F3N2O. The topological polar surface area (TPSA) is 33.2 Å². The van der Waals surface area contributed by atoms with Gasteiger partial charge in [-0.3, -0.25) is 9.78 Å². The molecule has 0 aliphatic rings. The molecule has 2 aromatic rings. The average Bonchev–Trinajstić information content (AvgIpc) is 2.54. The Labute approximate surface area is 132 Å². The van der Waals surface area contributed by atoms with Gasteiger partial charge in [0.2, 0.25) is 0 Å². The first-order chi connectivity index (χ1) is 10.9. The van der Waals surface area contributed by atoms with Gasteiger partial charge >= 0.3 is 6.18 Å². The van der Waals surface area contributed by atoms with Crippen LogP contribution in [0.25, 0.3) is 0 Å². The summed E-state index contributed by atoms with van der Waals surface area (Å²) in [5, 5.41) is 0. The molecular weight excluding hydrogens is 305 g/mol. The summed E-state index contributed by atoms with van der Waals surface area (Å²) in [5.41, 5.74) is 0.121. The second-order valence-electron chi connectivity index (χ2n) is 5.14. The van der Waals surface area contributed by atoms with Gasteiger partial charge < -0.3 is 4.90 Å². The number of carbonyl (C=O) groups is 1. The quantitative estimate of drug-likeness (QED) is 0.828. The van der Waals surface area contributed by atoms with Crippen LogP contribution in [0.4, 0.5) is 13.2 Å². The van der Waals surface area contributed by atoms with Gasteiger partial charge in [-0.1, -0.05) is 37.3 Å². The van der Waals surface area contributed by atoms with Crippen LogP contribution < -0.4 is 0 Å². The van der Waals surface area contributed by atoms with Gasteiger partial charge in [0.05, 0.1) is 5.56 Å². The van der Waals surface area contributed by atoms with E-state index in [1.807, 2.05) is 37.3 Å². The Balaban J connectivity index is 2.17. The van der Waals surface area contributed by atoms with Crippen LogP contribution in [0.1, 0.15) is 35.0 Å². The average molecular weight is 322 g/mol. The first-order valence-corrected chi connectivity index (χ1v) is 7.28. The van der Waals surface area contributed by atoms with Crippen molar-refractivity contribution in [1.82, 2.24) is 9.88 Å². The highest BCUT2D eigenvalue weighted by Gasteiger charge is 2.32. The van der Waals surface area contributed by atoms with E-state index < -0.39 is 11.9 Å². The zero-order valence-electron chi connectivity index (χ0n) is 12.7. The Morgan fingerprint density at radius 3 is 2.35 bits per heavy atom. The number of halogens is 3. The number of rotatable bonds is 5. The van der Waals surface area contributed by atoms with Gasteiger partial charge in [-0.25, -0.2) is 0 Å². The Bertz CT molecular complexity index is 639. The van der Waals surface area contributed by atoms with Crippen LogP contribution in [0, 0.1) is 0 Å². The summed E-state index contributed by atoms with van der Waals surface area (Å²) in [7, 11) is 0. The minimum Gasteiger partial charge on any atom is -0.334 e. The van der Waals surface area contributed by atoms with Crippen LogP contribution >= 0.6 is 0 Å². The Morgan fingerprint density at radius 1 is 1.13 bits per heavy atom. The van der Waals surface area contributed by atoms with Crippen LogP contribution in [0.2, 0.25) is 0 Å². The van der Waals surface area contributed by atoms with E-state index in [1.54, 1.807) is 4.90 Å². The molecule has 0 saturated carbocycles. The van der Waals surface area contributed by atoms with Crippen LogP contribution in [0.3, 0.4) is 0 Å². The summed E-state index contributed by atoms with van der Waals surface area (Å²) in [4.78, 5) is 17.5. The number of hydrogen-bond donors (Lipinski definition) is 0. The molecule has 3 nitrogen and oxygen atoms in total. The molecule has 23 heavy (non-hydrogen) atoms. The van der Waals surface area contributed by atoms with Crippen molar-refractivity contribution in [2.75, 3.05) is 6.54 Å². The lowest BCUT2D eigenvalue weighted by Gasteiger charge is -2.22. The minimum absolute atomic E-state index is 0.155. The van der Waals surface area contributed by atoms with Crippen molar-refractivity contribution in [1.29, 1.82) is 0 Å². The smallest absolute Gasteiger partial charge is 0.334 e. The van der Waals surface area contributed by atoms with E-state index in [-0.39, 0.29) is 11.5 Å². The second kappa shape index (κ2) is 7.26. The fourth-order valence-electron chi connectivity index (χ4n) is 2.20. The molecule has 122 valence electrons. The number of hydrogen-bond acceptors (Lipinski definition) is 2. The summed E-state index contributed by atoms with van der Waals surface area (Å²) in [6.45, 7) is 2.87. The monoisotopic (exact) mass is 322 g/mol. The Kier molecular flexibility index (Phi) is 5.36. The van der Waals surface area contributed by atoms with Gasteiger partial charge in [-0.05, 0) is 24.1 Å². The summed E-state index contributed by atoms with van der Waals surface area (Å²) < 4.78 is 37.6. The normalized spacial score (nSPS) is 11.3. The van der Waals surface area contributed by atoms with E-state index in [0.29, 0.717) is 13.1 Å². The van der Waals surface area contributed by atoms with Crippen LogP contribution in [0.5, 0.6) is 0 Å². The molecule has 1 aromatic carbocycles. The van der Waals surface area contributed by atoms with Crippen molar-refractivity contribution in [2.24, 2.45) is 0 Å². The van der Waals surface area contributed by atoms with Crippen molar-refractivity contribution in [3.63, 3.8) is 0 Å². The highest BCUT2D eigenvalue weighted by Crippen LogP contribution is 2.27. The van der Waals surface area contributed by atoms with Crippen LogP contribution in [-0.4, -0.2) is 22.3 Å². The first-order valence-electron chi connectivity index (χ1n) is 7.28. The molecule has 0 spiro atoms. The maximum Gasteiger partial charge on any atom is 0.433 e. The maximum atomic E-state index is 12.5. The molecule has 0 fully saturated rings. The first kappa shape index (κ1) is 17.0. The number of carbonyl (C=O) groups excluding carboxylic acids is 1. The summed E-state index contributed by atoms with van der Waals surface area (Å²) in [5.74, 6) is -0.322. The van der Waals surface area contributed by atoms with Gasteiger partial charge in [0.25, 0.3) is 5.91 Å². The lowest BCUT2D eigenvalue weighted by molar-refractivity contribution is -0.141. The van der Waals surface area contributed by atoms with E-state index in [4.69, 9.17) is 0 Å². The molecule has 0 N–H and O–H groups in total. The summed E-state index contributed by atoms with van der Waals surface area (Å²) >= 11 is 0. The summed E-state index contributed by atoms with van der Waals surface area (Å²) in [6, 6.07) is 11.5. The Morgan fingerprint density at radius 2 is 1.83 bits per heavy atom. The summed E-state index contributed by atoms with van der Waals surface area (Å²) in [6.07, 6.45) is -2.76. The minimum atomic E-state index is -4.51. The van der Waals surface area contributed by atoms with E-state index in [0.717, 1.165) is 24.2 Å². The lowest BCUT2D eigenvalue weighted by Crippen LogP contribution is -2.31. The van der Waals surface area contributed by atoms with Crippen molar-refractivity contribution in [2.45, 2.75) is 26.1 Å². The van der Waals surface area contributed by atoms with E-state index >= 15 is 0 Å². The van der Waals surface area contributed by atoms with Gasteiger partial charge in [-0.2, -0.15) is 13.2 Å². The van der Waals surface area contributed by atoms with Crippen molar-refractivity contribution in [3.8, 4) is 0 Å². The third kappa shape index (κ3) is 4.55. The second-order valence-corrected chi connectivity index (χ2v) is 5.14. The van der Waals surface area contributed by atoms with Gasteiger partial charge in [-0.15, -0.1) is 0 Å². The predicted octanol–water partition coefficient (Wildman–Crippen LogP) is 4.15. The molecule has 1 aromatic heterocycles. The van der Waals surface area contributed by atoms with Crippen molar-refractivity contribution in [3.05, 3.63) is 65.5 Å². The largest absolute Gasteiger partial charge is 0.433 e. The van der Waals surface area contributed by atoms with Gasteiger partial charge in [0.1, 0.15) is 5.69 Å². The SMILES string of the molecule is CCCN(Cc1ccccc1)C(=O)c1ccc(C(F)(F)F)nc1. The molecule has 0 atom stereocenters.